The number of ether oxygens (including phenoxy) is 1. The first-order valence-corrected chi connectivity index (χ1v) is 12.3. The van der Waals surface area contributed by atoms with E-state index in [1.807, 2.05) is 50.6 Å². The summed E-state index contributed by atoms with van der Waals surface area (Å²) in [6.07, 6.45) is 4.44. The SMILES string of the molecule is CCNC(=NCCS(=O)(=O)N1CCc2ccccc21)N1CCOC(c2cnn(C)c2)C1. The van der Waals surface area contributed by atoms with Crippen LogP contribution < -0.4 is 9.62 Å². The predicted molar refractivity (Wildman–Crippen MR) is 121 cm³/mol. The third kappa shape index (κ3) is 4.85. The van der Waals surface area contributed by atoms with Crippen LogP contribution >= 0.6 is 0 Å². The summed E-state index contributed by atoms with van der Waals surface area (Å²) in [6.45, 7) is 5.35. The van der Waals surface area contributed by atoms with Crippen LogP contribution in [-0.4, -0.2) is 74.1 Å². The molecule has 0 radical (unpaired) electrons. The Balaban J connectivity index is 1.42. The first-order chi connectivity index (χ1) is 15.0. The fourth-order valence-corrected chi connectivity index (χ4v) is 5.44. The minimum Gasteiger partial charge on any atom is -0.370 e. The average molecular weight is 447 g/mol. The quantitative estimate of drug-likeness (QED) is 0.529. The van der Waals surface area contributed by atoms with Gasteiger partial charge in [-0.3, -0.25) is 14.0 Å². The largest absolute Gasteiger partial charge is 0.370 e. The Morgan fingerprint density at radius 1 is 1.32 bits per heavy atom. The highest BCUT2D eigenvalue weighted by molar-refractivity contribution is 7.92. The number of nitrogens with one attached hydrogen (secondary N) is 1. The molecule has 3 heterocycles. The maximum absolute atomic E-state index is 12.9. The van der Waals surface area contributed by atoms with Crippen LogP contribution in [0.5, 0.6) is 0 Å². The highest BCUT2D eigenvalue weighted by Crippen LogP contribution is 2.30. The van der Waals surface area contributed by atoms with Crippen LogP contribution in [0.4, 0.5) is 5.69 Å². The van der Waals surface area contributed by atoms with Gasteiger partial charge in [-0.25, -0.2) is 8.42 Å². The minimum atomic E-state index is -3.42. The highest BCUT2D eigenvalue weighted by atomic mass is 32.2. The summed E-state index contributed by atoms with van der Waals surface area (Å²) in [5.41, 5.74) is 2.90. The molecular weight excluding hydrogens is 416 g/mol. The van der Waals surface area contributed by atoms with Crippen LogP contribution in [0.15, 0.2) is 41.7 Å². The molecule has 1 aromatic heterocycles. The normalized spacial score (nSPS) is 19.5. The minimum absolute atomic E-state index is 0.0212. The van der Waals surface area contributed by atoms with Crippen molar-refractivity contribution in [2.45, 2.75) is 19.4 Å². The van der Waals surface area contributed by atoms with Crippen LogP contribution in [-0.2, 0) is 28.2 Å². The number of aryl methyl sites for hydroxylation is 1. The lowest BCUT2D eigenvalue weighted by molar-refractivity contribution is -0.00802. The second kappa shape index (κ2) is 9.27. The van der Waals surface area contributed by atoms with E-state index in [1.165, 1.54) is 4.31 Å². The molecule has 4 rings (SSSR count). The van der Waals surface area contributed by atoms with Crippen LogP contribution in [0.25, 0.3) is 0 Å². The third-order valence-electron chi connectivity index (χ3n) is 5.59. The smallest absolute Gasteiger partial charge is 0.237 e. The van der Waals surface area contributed by atoms with Crippen molar-refractivity contribution in [3.05, 3.63) is 47.8 Å². The maximum Gasteiger partial charge on any atom is 0.237 e. The van der Waals surface area contributed by atoms with E-state index in [9.17, 15) is 8.42 Å². The number of aromatic nitrogens is 2. The van der Waals surface area contributed by atoms with Crippen molar-refractivity contribution in [2.24, 2.45) is 12.0 Å². The molecule has 1 N–H and O–H groups in total. The van der Waals surface area contributed by atoms with Crippen molar-refractivity contribution in [1.82, 2.24) is 20.0 Å². The standard InChI is InChI=1S/C21H30N6O3S/c1-3-22-21(26-11-12-30-20(16-26)18-14-24-25(2)15-18)23-9-13-31(28,29)27-10-8-17-6-4-5-7-19(17)27/h4-7,14-15,20H,3,8-13,16H2,1-2H3,(H,22,23). The van der Waals surface area contributed by atoms with E-state index in [0.29, 0.717) is 32.8 Å². The van der Waals surface area contributed by atoms with Crippen LogP contribution in [0.1, 0.15) is 24.2 Å². The van der Waals surface area contributed by atoms with E-state index in [0.717, 1.165) is 29.2 Å². The predicted octanol–water partition coefficient (Wildman–Crippen LogP) is 1.15. The fourth-order valence-electron chi connectivity index (χ4n) is 4.05. The van der Waals surface area contributed by atoms with E-state index in [4.69, 9.17) is 4.74 Å². The highest BCUT2D eigenvalue weighted by Gasteiger charge is 2.29. The lowest BCUT2D eigenvalue weighted by Crippen LogP contribution is -2.48. The number of morpholine rings is 1. The summed E-state index contributed by atoms with van der Waals surface area (Å²) in [6, 6.07) is 7.69. The molecule has 1 saturated heterocycles. The van der Waals surface area contributed by atoms with Crippen molar-refractivity contribution in [2.75, 3.05) is 49.4 Å². The molecular formula is C21H30N6O3S. The van der Waals surface area contributed by atoms with Gasteiger partial charge >= 0.3 is 0 Å². The number of hydrogen-bond acceptors (Lipinski definition) is 5. The summed E-state index contributed by atoms with van der Waals surface area (Å²) in [7, 11) is -1.54. The lowest BCUT2D eigenvalue weighted by atomic mass is 10.1. The summed E-state index contributed by atoms with van der Waals surface area (Å²) in [5.74, 6) is 0.698. The van der Waals surface area contributed by atoms with E-state index in [1.54, 1.807) is 4.68 Å². The molecule has 31 heavy (non-hydrogen) atoms. The van der Waals surface area contributed by atoms with Gasteiger partial charge < -0.3 is 15.0 Å². The number of sulfonamides is 1. The van der Waals surface area contributed by atoms with Crippen LogP contribution in [0.3, 0.4) is 0 Å². The van der Waals surface area contributed by atoms with E-state index in [2.05, 4.69) is 20.3 Å². The van der Waals surface area contributed by atoms with Crippen molar-refractivity contribution >= 4 is 21.7 Å². The Kier molecular flexibility index (Phi) is 6.47. The fraction of sp³-hybridized carbons (Fsp3) is 0.524. The van der Waals surface area contributed by atoms with Crippen molar-refractivity contribution in [1.29, 1.82) is 0 Å². The van der Waals surface area contributed by atoms with Gasteiger partial charge in [0.25, 0.3) is 0 Å². The molecule has 1 atom stereocenters. The molecule has 2 aliphatic rings. The average Bonchev–Trinajstić information content (AvgIpc) is 3.40. The number of anilines is 1. The number of fused-ring (bicyclic) bond motifs is 1. The van der Waals surface area contributed by atoms with E-state index in [-0.39, 0.29) is 18.4 Å². The Hall–Kier alpha value is -2.59. The Labute approximate surface area is 183 Å². The number of aliphatic imine (C=N–C) groups is 1. The number of para-hydroxylation sites is 1. The number of benzene rings is 1. The summed E-state index contributed by atoms with van der Waals surface area (Å²) in [5, 5.41) is 7.52. The topological polar surface area (TPSA) is 92.1 Å². The van der Waals surface area contributed by atoms with Crippen LogP contribution in [0, 0.1) is 0 Å². The number of rotatable bonds is 6. The molecule has 1 unspecified atom stereocenters. The van der Waals surface area contributed by atoms with Gasteiger partial charge in [0.05, 0.1) is 37.3 Å². The van der Waals surface area contributed by atoms with Crippen molar-refractivity contribution in [3.63, 3.8) is 0 Å². The van der Waals surface area contributed by atoms with Gasteiger partial charge in [-0.2, -0.15) is 5.10 Å². The van der Waals surface area contributed by atoms with Crippen LogP contribution in [0.2, 0.25) is 0 Å². The molecule has 1 fully saturated rings. The number of nitrogens with zero attached hydrogens (tertiary/aromatic N) is 5. The molecule has 9 nitrogen and oxygen atoms in total. The van der Waals surface area contributed by atoms with Gasteiger partial charge in [0, 0.05) is 38.4 Å². The summed E-state index contributed by atoms with van der Waals surface area (Å²) in [4.78, 5) is 6.76. The van der Waals surface area contributed by atoms with E-state index < -0.39 is 10.0 Å². The van der Waals surface area contributed by atoms with Gasteiger partial charge in [0.2, 0.25) is 10.0 Å². The van der Waals surface area contributed by atoms with Gasteiger partial charge in [-0.05, 0) is 25.0 Å². The second-order valence-electron chi connectivity index (χ2n) is 7.76. The molecule has 10 heteroatoms. The summed E-state index contributed by atoms with van der Waals surface area (Å²) >= 11 is 0. The summed E-state index contributed by atoms with van der Waals surface area (Å²) < 4.78 is 35.1. The lowest BCUT2D eigenvalue weighted by Gasteiger charge is -2.34. The van der Waals surface area contributed by atoms with Gasteiger partial charge in [0.15, 0.2) is 5.96 Å². The molecule has 168 valence electrons. The second-order valence-corrected chi connectivity index (χ2v) is 9.77. The zero-order valence-electron chi connectivity index (χ0n) is 18.1. The third-order valence-corrected chi connectivity index (χ3v) is 7.34. The molecule has 2 aliphatic heterocycles. The molecule has 1 aromatic carbocycles. The van der Waals surface area contributed by atoms with Crippen molar-refractivity contribution in [3.8, 4) is 0 Å². The van der Waals surface area contributed by atoms with Gasteiger partial charge in [-0.1, -0.05) is 18.2 Å². The molecule has 0 aliphatic carbocycles. The molecule has 0 amide bonds. The Morgan fingerprint density at radius 3 is 2.94 bits per heavy atom. The van der Waals surface area contributed by atoms with Crippen molar-refractivity contribution < 1.29 is 13.2 Å². The van der Waals surface area contributed by atoms with Gasteiger partial charge in [-0.15, -0.1) is 0 Å². The molecule has 0 spiro atoms. The first-order valence-electron chi connectivity index (χ1n) is 10.7. The maximum atomic E-state index is 12.9. The molecule has 0 saturated carbocycles. The zero-order valence-corrected chi connectivity index (χ0v) is 18.9. The molecule has 2 aromatic rings. The Bertz CT molecular complexity index is 1040. The number of guanidine groups is 1. The van der Waals surface area contributed by atoms with E-state index >= 15 is 0 Å². The number of hydrogen-bond donors (Lipinski definition) is 1. The molecule has 0 bridgehead atoms. The Morgan fingerprint density at radius 2 is 2.16 bits per heavy atom. The first kappa shape index (κ1) is 21.6. The zero-order chi connectivity index (χ0) is 21.8. The monoisotopic (exact) mass is 446 g/mol. The van der Waals surface area contributed by atoms with Gasteiger partial charge in [0.1, 0.15) is 6.10 Å².